The van der Waals surface area contributed by atoms with Crippen molar-refractivity contribution in [3.05, 3.63) is 59.2 Å². The van der Waals surface area contributed by atoms with E-state index in [1.165, 1.54) is 5.56 Å². The zero-order chi connectivity index (χ0) is 15.2. The lowest BCUT2D eigenvalue weighted by Gasteiger charge is -2.11. The number of aryl methyl sites for hydroxylation is 1. The van der Waals surface area contributed by atoms with Crippen LogP contribution < -0.4 is 9.47 Å². The average Bonchev–Trinajstić information content (AvgIpc) is 2.52. The van der Waals surface area contributed by atoms with Gasteiger partial charge in [0.25, 0.3) is 0 Å². The summed E-state index contributed by atoms with van der Waals surface area (Å²) in [6.07, 6.45) is 0. The first-order valence-corrected chi connectivity index (χ1v) is 6.69. The zero-order valence-corrected chi connectivity index (χ0v) is 12.5. The van der Waals surface area contributed by atoms with Crippen molar-refractivity contribution in [2.45, 2.75) is 20.5 Å². The minimum absolute atomic E-state index is 0.442. The number of rotatable bonds is 5. The molecule has 0 fully saturated rings. The van der Waals surface area contributed by atoms with Crippen LogP contribution in [0.15, 0.2) is 47.6 Å². The monoisotopic (exact) mass is 285 g/mol. The molecule has 0 saturated carbocycles. The summed E-state index contributed by atoms with van der Waals surface area (Å²) in [5.41, 5.74) is 3.61. The van der Waals surface area contributed by atoms with E-state index in [0.717, 1.165) is 22.6 Å². The largest absolute Gasteiger partial charge is 0.496 e. The fourth-order valence-electron chi connectivity index (χ4n) is 2.03. The molecule has 2 aromatic carbocycles. The predicted octanol–water partition coefficient (Wildman–Crippen LogP) is 3.78. The summed E-state index contributed by atoms with van der Waals surface area (Å²) in [6, 6.07) is 13.4. The van der Waals surface area contributed by atoms with Gasteiger partial charge in [-0.05, 0) is 55.8 Å². The fourth-order valence-corrected chi connectivity index (χ4v) is 2.03. The smallest absolute Gasteiger partial charge is 0.125 e. The molecule has 0 heterocycles. The minimum Gasteiger partial charge on any atom is -0.496 e. The number of ether oxygens (including phenoxy) is 2. The molecule has 0 aliphatic rings. The lowest BCUT2D eigenvalue weighted by atomic mass is 10.1. The highest BCUT2D eigenvalue weighted by Gasteiger charge is 2.05. The van der Waals surface area contributed by atoms with E-state index in [9.17, 15) is 0 Å². The fraction of sp³-hybridized carbons (Fsp3) is 0.235. The molecule has 0 unspecified atom stereocenters. The van der Waals surface area contributed by atoms with Crippen LogP contribution in [0.1, 0.15) is 23.6 Å². The summed E-state index contributed by atoms with van der Waals surface area (Å²) in [5, 5.41) is 11.9. The summed E-state index contributed by atoms with van der Waals surface area (Å²) in [4.78, 5) is 0. The van der Waals surface area contributed by atoms with E-state index in [1.807, 2.05) is 43.3 Å². The Morgan fingerprint density at radius 2 is 1.86 bits per heavy atom. The van der Waals surface area contributed by atoms with Gasteiger partial charge in [-0.25, -0.2) is 0 Å². The van der Waals surface area contributed by atoms with Crippen molar-refractivity contribution in [2.75, 3.05) is 7.11 Å². The number of hydrogen-bond acceptors (Lipinski definition) is 4. The number of hydrogen-bond donors (Lipinski definition) is 1. The van der Waals surface area contributed by atoms with Gasteiger partial charge < -0.3 is 14.7 Å². The summed E-state index contributed by atoms with van der Waals surface area (Å²) >= 11 is 0. The summed E-state index contributed by atoms with van der Waals surface area (Å²) in [5.74, 6) is 1.58. The lowest BCUT2D eigenvalue weighted by Crippen LogP contribution is -2.00. The van der Waals surface area contributed by atoms with Crippen molar-refractivity contribution >= 4 is 5.71 Å². The summed E-state index contributed by atoms with van der Waals surface area (Å²) in [7, 11) is 1.65. The van der Waals surface area contributed by atoms with Gasteiger partial charge in [-0.2, -0.15) is 0 Å². The molecule has 110 valence electrons. The van der Waals surface area contributed by atoms with Crippen LogP contribution in [0.4, 0.5) is 0 Å². The molecule has 2 aromatic rings. The Morgan fingerprint density at radius 3 is 2.48 bits per heavy atom. The maximum absolute atomic E-state index is 8.74. The summed E-state index contributed by atoms with van der Waals surface area (Å²) < 4.78 is 11.1. The zero-order valence-electron chi connectivity index (χ0n) is 12.5. The summed E-state index contributed by atoms with van der Waals surface area (Å²) in [6.45, 7) is 4.22. The third kappa shape index (κ3) is 3.75. The van der Waals surface area contributed by atoms with Crippen molar-refractivity contribution in [3.63, 3.8) is 0 Å². The second kappa shape index (κ2) is 6.79. The standard InChI is InChI=1S/C17H19NO3/c1-12-4-9-17(20-3)15(10-12)11-21-16-7-5-14(6-8-16)13(2)18-19/h4-10,19H,11H2,1-3H3. The Hall–Kier alpha value is -2.49. The molecular weight excluding hydrogens is 266 g/mol. The Labute approximate surface area is 124 Å². The molecule has 4 nitrogen and oxygen atoms in total. The van der Waals surface area contributed by atoms with Crippen molar-refractivity contribution in [1.82, 2.24) is 0 Å². The first kappa shape index (κ1) is 14.9. The molecule has 2 rings (SSSR count). The maximum atomic E-state index is 8.74. The van der Waals surface area contributed by atoms with E-state index in [4.69, 9.17) is 14.7 Å². The van der Waals surface area contributed by atoms with Gasteiger partial charge in [0, 0.05) is 5.56 Å². The van der Waals surface area contributed by atoms with Gasteiger partial charge in [0.2, 0.25) is 0 Å². The molecule has 0 spiro atoms. The first-order valence-electron chi connectivity index (χ1n) is 6.69. The molecule has 0 radical (unpaired) electrons. The Morgan fingerprint density at radius 1 is 1.14 bits per heavy atom. The van der Waals surface area contributed by atoms with Crippen LogP contribution in [0.2, 0.25) is 0 Å². The van der Waals surface area contributed by atoms with Crippen molar-refractivity contribution in [2.24, 2.45) is 5.16 Å². The number of methoxy groups -OCH3 is 1. The molecule has 0 amide bonds. The quantitative estimate of drug-likeness (QED) is 0.516. The number of nitrogens with zero attached hydrogens (tertiary/aromatic N) is 1. The Bertz CT molecular complexity index is 633. The molecule has 4 heteroatoms. The predicted molar refractivity (Wildman–Crippen MR) is 82.5 cm³/mol. The van der Waals surface area contributed by atoms with Crippen molar-refractivity contribution in [1.29, 1.82) is 0 Å². The van der Waals surface area contributed by atoms with Crippen LogP contribution in [-0.2, 0) is 6.61 Å². The highest BCUT2D eigenvalue weighted by atomic mass is 16.5. The molecule has 0 saturated heterocycles. The van der Waals surface area contributed by atoms with Crippen LogP contribution in [0.3, 0.4) is 0 Å². The van der Waals surface area contributed by atoms with Gasteiger partial charge in [0.05, 0.1) is 12.8 Å². The Kier molecular flexibility index (Phi) is 4.82. The normalized spacial score (nSPS) is 11.3. The van der Waals surface area contributed by atoms with Gasteiger partial charge in [-0.3, -0.25) is 0 Å². The Balaban J connectivity index is 2.08. The van der Waals surface area contributed by atoms with E-state index in [1.54, 1.807) is 14.0 Å². The van der Waals surface area contributed by atoms with Gasteiger partial charge in [0.15, 0.2) is 0 Å². The van der Waals surface area contributed by atoms with E-state index in [-0.39, 0.29) is 0 Å². The molecule has 0 atom stereocenters. The molecule has 0 aliphatic heterocycles. The van der Waals surface area contributed by atoms with Crippen LogP contribution in [-0.4, -0.2) is 18.0 Å². The first-order chi connectivity index (χ1) is 10.1. The third-order valence-corrected chi connectivity index (χ3v) is 3.25. The van der Waals surface area contributed by atoms with Crippen LogP contribution in [0.25, 0.3) is 0 Å². The van der Waals surface area contributed by atoms with Crippen molar-refractivity contribution < 1.29 is 14.7 Å². The maximum Gasteiger partial charge on any atom is 0.125 e. The van der Waals surface area contributed by atoms with E-state index in [2.05, 4.69) is 11.2 Å². The molecule has 0 aliphatic carbocycles. The average molecular weight is 285 g/mol. The second-order valence-electron chi connectivity index (χ2n) is 4.81. The van der Waals surface area contributed by atoms with Gasteiger partial charge in [-0.1, -0.05) is 16.8 Å². The van der Waals surface area contributed by atoms with E-state index in [0.29, 0.717) is 12.3 Å². The third-order valence-electron chi connectivity index (χ3n) is 3.25. The second-order valence-corrected chi connectivity index (χ2v) is 4.81. The molecule has 21 heavy (non-hydrogen) atoms. The van der Waals surface area contributed by atoms with Crippen LogP contribution >= 0.6 is 0 Å². The number of benzene rings is 2. The molecule has 1 N–H and O–H groups in total. The topological polar surface area (TPSA) is 51.0 Å². The molecule has 0 bridgehead atoms. The van der Waals surface area contributed by atoms with Gasteiger partial charge in [0.1, 0.15) is 18.1 Å². The van der Waals surface area contributed by atoms with E-state index < -0.39 is 0 Å². The van der Waals surface area contributed by atoms with Gasteiger partial charge in [-0.15, -0.1) is 0 Å². The van der Waals surface area contributed by atoms with Crippen LogP contribution in [0.5, 0.6) is 11.5 Å². The van der Waals surface area contributed by atoms with Crippen LogP contribution in [0, 0.1) is 6.92 Å². The van der Waals surface area contributed by atoms with Crippen molar-refractivity contribution in [3.8, 4) is 11.5 Å². The molecule has 0 aromatic heterocycles. The highest BCUT2D eigenvalue weighted by molar-refractivity contribution is 5.98. The van der Waals surface area contributed by atoms with E-state index >= 15 is 0 Å². The highest BCUT2D eigenvalue weighted by Crippen LogP contribution is 2.22. The SMILES string of the molecule is COc1ccc(C)cc1COc1ccc(C(C)=NO)cc1. The molecular formula is C17H19NO3. The van der Waals surface area contributed by atoms with Gasteiger partial charge >= 0.3 is 0 Å². The lowest BCUT2D eigenvalue weighted by molar-refractivity contribution is 0.296. The number of oxime groups is 1. The minimum atomic E-state index is 0.442.